The highest BCUT2D eigenvalue weighted by Gasteiger charge is 2.32. The third kappa shape index (κ3) is 5.68. The molecule has 23 heavy (non-hydrogen) atoms. The molecule has 1 rings (SSSR count). The van der Waals surface area contributed by atoms with Crippen molar-refractivity contribution in [2.75, 3.05) is 33.2 Å². The molecule has 2 atom stereocenters. The Morgan fingerprint density at radius 3 is 2.43 bits per heavy atom. The fraction of sp³-hybridized carbons (Fsp3) is 0.882. The van der Waals surface area contributed by atoms with Gasteiger partial charge in [-0.1, -0.05) is 6.92 Å². The molecule has 3 N–H and O–H groups in total. The van der Waals surface area contributed by atoms with Gasteiger partial charge in [-0.05, 0) is 40.5 Å². The summed E-state index contributed by atoms with van der Waals surface area (Å²) in [6, 6.07) is 0.951. The summed E-state index contributed by atoms with van der Waals surface area (Å²) in [5, 5.41) is 9.69. The minimum Gasteiger partial charge on any atom is -0.356 e. The van der Waals surface area contributed by atoms with Crippen LogP contribution in [0.3, 0.4) is 0 Å². The van der Waals surface area contributed by atoms with Crippen LogP contribution in [0, 0.1) is 11.3 Å². The summed E-state index contributed by atoms with van der Waals surface area (Å²) in [6.07, 6.45) is 0. The normalized spacial score (nSPS) is 23.2. The number of hydrogen-bond donors (Lipinski definition) is 3. The first-order valence-electron chi connectivity index (χ1n) is 8.70. The molecule has 0 aromatic carbocycles. The van der Waals surface area contributed by atoms with E-state index in [4.69, 9.17) is 0 Å². The van der Waals surface area contributed by atoms with Crippen molar-refractivity contribution in [3.05, 3.63) is 0 Å². The quantitative estimate of drug-likeness (QED) is 0.504. The van der Waals surface area contributed by atoms with E-state index in [0.717, 1.165) is 19.0 Å². The van der Waals surface area contributed by atoms with Crippen LogP contribution in [0.25, 0.3) is 0 Å². The van der Waals surface area contributed by atoms with Gasteiger partial charge in [-0.15, -0.1) is 0 Å². The van der Waals surface area contributed by atoms with Crippen LogP contribution in [-0.2, 0) is 4.79 Å². The third-order valence-corrected chi connectivity index (χ3v) is 4.57. The lowest BCUT2D eigenvalue weighted by Gasteiger charge is -2.26. The van der Waals surface area contributed by atoms with E-state index in [-0.39, 0.29) is 5.91 Å². The maximum Gasteiger partial charge on any atom is 0.227 e. The number of hydrogen-bond acceptors (Lipinski definition) is 3. The van der Waals surface area contributed by atoms with E-state index < -0.39 is 5.41 Å². The summed E-state index contributed by atoms with van der Waals surface area (Å²) >= 11 is 0. The van der Waals surface area contributed by atoms with Crippen LogP contribution in [0.2, 0.25) is 0 Å². The summed E-state index contributed by atoms with van der Waals surface area (Å²) in [6.45, 7) is 15.9. The zero-order valence-corrected chi connectivity index (χ0v) is 15.9. The lowest BCUT2D eigenvalue weighted by molar-refractivity contribution is -0.128. The van der Waals surface area contributed by atoms with Crippen molar-refractivity contribution in [3.63, 3.8) is 0 Å². The van der Waals surface area contributed by atoms with Crippen molar-refractivity contribution in [2.24, 2.45) is 16.3 Å². The predicted molar refractivity (Wildman–Crippen MR) is 96.6 cm³/mol. The second kappa shape index (κ2) is 8.52. The Kier molecular flexibility index (Phi) is 7.32. The number of nitrogens with zero attached hydrogens (tertiary/aromatic N) is 2. The van der Waals surface area contributed by atoms with Crippen LogP contribution >= 0.6 is 0 Å². The Bertz CT molecular complexity index is 419. The van der Waals surface area contributed by atoms with Gasteiger partial charge in [0.15, 0.2) is 5.96 Å². The van der Waals surface area contributed by atoms with Crippen molar-refractivity contribution in [2.45, 2.75) is 53.6 Å². The van der Waals surface area contributed by atoms with Gasteiger partial charge >= 0.3 is 0 Å². The molecule has 1 fully saturated rings. The topological polar surface area (TPSA) is 68.8 Å². The van der Waals surface area contributed by atoms with Crippen LogP contribution < -0.4 is 16.0 Å². The van der Waals surface area contributed by atoms with Gasteiger partial charge in [-0.3, -0.25) is 14.7 Å². The molecular formula is C17H35N5O. The molecule has 0 spiro atoms. The second-order valence-electron chi connectivity index (χ2n) is 7.44. The summed E-state index contributed by atoms with van der Waals surface area (Å²) in [5.74, 6) is 1.40. The highest BCUT2D eigenvalue weighted by Crippen LogP contribution is 2.18. The Morgan fingerprint density at radius 1 is 1.30 bits per heavy atom. The smallest absolute Gasteiger partial charge is 0.227 e. The molecule has 0 radical (unpaired) electrons. The van der Waals surface area contributed by atoms with Crippen molar-refractivity contribution in [1.29, 1.82) is 0 Å². The van der Waals surface area contributed by atoms with Crippen LogP contribution in [0.4, 0.5) is 0 Å². The van der Waals surface area contributed by atoms with E-state index in [1.165, 1.54) is 0 Å². The van der Waals surface area contributed by atoms with E-state index in [9.17, 15) is 4.79 Å². The van der Waals surface area contributed by atoms with Gasteiger partial charge in [0.1, 0.15) is 0 Å². The maximum atomic E-state index is 12.1. The number of carbonyl (C=O) groups excluding carboxylic acids is 1. The van der Waals surface area contributed by atoms with Crippen molar-refractivity contribution < 1.29 is 4.79 Å². The summed E-state index contributed by atoms with van der Waals surface area (Å²) in [4.78, 5) is 18.9. The number of carbonyl (C=O) groups is 1. The van der Waals surface area contributed by atoms with Crippen LogP contribution in [-0.4, -0.2) is 62.1 Å². The molecular weight excluding hydrogens is 290 g/mol. The van der Waals surface area contributed by atoms with Crippen molar-refractivity contribution in [3.8, 4) is 0 Å². The Hall–Kier alpha value is -1.30. The molecule has 1 amide bonds. The van der Waals surface area contributed by atoms with Gasteiger partial charge in [0, 0.05) is 45.3 Å². The summed E-state index contributed by atoms with van der Waals surface area (Å²) < 4.78 is 0. The van der Waals surface area contributed by atoms with E-state index in [2.05, 4.69) is 46.6 Å². The van der Waals surface area contributed by atoms with Gasteiger partial charge in [0.05, 0.1) is 5.41 Å². The zero-order chi connectivity index (χ0) is 17.6. The van der Waals surface area contributed by atoms with Gasteiger partial charge in [-0.25, -0.2) is 0 Å². The van der Waals surface area contributed by atoms with E-state index >= 15 is 0 Å². The van der Waals surface area contributed by atoms with Gasteiger partial charge in [0.2, 0.25) is 5.91 Å². The Labute approximate surface area is 141 Å². The minimum absolute atomic E-state index is 0.0585. The van der Waals surface area contributed by atoms with Crippen LogP contribution in [0.5, 0.6) is 0 Å². The molecule has 2 unspecified atom stereocenters. The molecule has 1 heterocycles. The summed E-state index contributed by atoms with van der Waals surface area (Å²) in [7, 11) is 1.77. The van der Waals surface area contributed by atoms with Crippen LogP contribution in [0.15, 0.2) is 4.99 Å². The number of amides is 1. The lowest BCUT2D eigenvalue weighted by atomic mass is 9.92. The number of aliphatic imine (C=N–C) groups is 1. The first-order chi connectivity index (χ1) is 10.7. The number of rotatable bonds is 6. The van der Waals surface area contributed by atoms with E-state index in [0.29, 0.717) is 31.1 Å². The molecule has 1 aliphatic rings. The number of likely N-dealkylation sites (tertiary alicyclic amines) is 1. The Morgan fingerprint density at radius 2 is 1.96 bits per heavy atom. The zero-order valence-electron chi connectivity index (χ0n) is 15.9. The molecule has 1 saturated heterocycles. The van der Waals surface area contributed by atoms with Gasteiger partial charge in [-0.2, -0.15) is 0 Å². The maximum absolute atomic E-state index is 12.1. The SMILES string of the molecule is CCNC(=O)C(C)(C)CNC(=NC)NC1CN(C(C)C)CC1C. The highest BCUT2D eigenvalue weighted by atomic mass is 16.2. The molecule has 0 bridgehead atoms. The first-order valence-corrected chi connectivity index (χ1v) is 8.70. The molecule has 0 aliphatic carbocycles. The predicted octanol–water partition coefficient (Wildman–Crippen LogP) is 1.04. The Balaban J connectivity index is 2.54. The largest absolute Gasteiger partial charge is 0.356 e. The fourth-order valence-corrected chi connectivity index (χ4v) is 2.77. The average molecular weight is 326 g/mol. The van der Waals surface area contributed by atoms with E-state index in [1.807, 2.05) is 20.8 Å². The molecule has 0 aromatic heterocycles. The first kappa shape index (κ1) is 19.7. The second-order valence-corrected chi connectivity index (χ2v) is 7.44. The van der Waals surface area contributed by atoms with Crippen LogP contribution in [0.1, 0.15) is 41.5 Å². The van der Waals surface area contributed by atoms with Gasteiger partial charge in [0.25, 0.3) is 0 Å². The number of nitrogens with one attached hydrogen (secondary N) is 3. The summed E-state index contributed by atoms with van der Waals surface area (Å²) in [5.41, 5.74) is -0.473. The molecule has 134 valence electrons. The molecule has 6 heteroatoms. The van der Waals surface area contributed by atoms with Gasteiger partial charge < -0.3 is 16.0 Å². The monoisotopic (exact) mass is 325 g/mol. The van der Waals surface area contributed by atoms with Crippen molar-refractivity contribution in [1.82, 2.24) is 20.9 Å². The van der Waals surface area contributed by atoms with E-state index in [1.54, 1.807) is 7.05 Å². The number of guanidine groups is 1. The molecule has 0 saturated carbocycles. The average Bonchev–Trinajstić information content (AvgIpc) is 2.85. The fourth-order valence-electron chi connectivity index (χ4n) is 2.77. The third-order valence-electron chi connectivity index (χ3n) is 4.57. The van der Waals surface area contributed by atoms with Crippen molar-refractivity contribution >= 4 is 11.9 Å². The highest BCUT2D eigenvalue weighted by molar-refractivity contribution is 5.84. The minimum atomic E-state index is -0.473. The molecule has 6 nitrogen and oxygen atoms in total. The lowest BCUT2D eigenvalue weighted by Crippen LogP contribution is -2.51. The standard InChI is InChI=1S/C17H35N5O/c1-8-19-15(23)17(5,6)11-20-16(18-7)21-14-10-22(12(2)3)9-13(14)4/h12-14H,8-11H2,1-7H3,(H,19,23)(H2,18,20,21). The molecule has 0 aromatic rings. The molecule has 1 aliphatic heterocycles.